The summed E-state index contributed by atoms with van der Waals surface area (Å²) in [6, 6.07) is 13.7. The average molecular weight is 379 g/mol. The molecular formula is C22H25N3O3. The molecule has 0 N–H and O–H groups in total. The van der Waals surface area contributed by atoms with E-state index in [2.05, 4.69) is 17.0 Å². The molecule has 6 heteroatoms. The zero-order valence-electron chi connectivity index (χ0n) is 16.4. The van der Waals surface area contributed by atoms with E-state index in [1.54, 1.807) is 19.1 Å². The second-order valence-electron chi connectivity index (χ2n) is 7.27. The van der Waals surface area contributed by atoms with Crippen molar-refractivity contribution < 1.29 is 14.3 Å². The third kappa shape index (κ3) is 3.42. The lowest BCUT2D eigenvalue weighted by molar-refractivity contribution is -0.118. The Hall–Kier alpha value is -3.02. The number of piperazine rings is 1. The van der Waals surface area contributed by atoms with Gasteiger partial charge in [0.05, 0.1) is 7.11 Å². The molecule has 146 valence electrons. The summed E-state index contributed by atoms with van der Waals surface area (Å²) in [5.74, 6) is 1.04. The number of carbonyl (C=O) groups is 2. The van der Waals surface area contributed by atoms with E-state index >= 15 is 0 Å². The first-order chi connectivity index (χ1) is 13.6. The molecule has 0 unspecified atom stereocenters. The molecule has 0 aromatic heterocycles. The molecule has 2 heterocycles. The number of rotatable bonds is 3. The standard InChI is InChI=1S/C22H25N3O3/c1-23-20-9-3-17(15-16(20)4-10-21(23)26)22(27)25-13-11-24(12-14-25)18-5-7-19(28-2)8-6-18/h3,5-9,15H,4,10-14H2,1-2H3. The third-order valence-corrected chi connectivity index (χ3v) is 5.67. The van der Waals surface area contributed by atoms with Crippen LogP contribution in [0.1, 0.15) is 22.3 Å². The molecule has 2 aliphatic rings. The fourth-order valence-corrected chi connectivity index (χ4v) is 3.93. The number of ether oxygens (including phenoxy) is 1. The van der Waals surface area contributed by atoms with E-state index in [1.807, 2.05) is 35.2 Å². The lowest BCUT2D eigenvalue weighted by Gasteiger charge is -2.36. The number of fused-ring (bicyclic) bond motifs is 1. The van der Waals surface area contributed by atoms with Crippen molar-refractivity contribution in [3.8, 4) is 5.75 Å². The molecule has 1 fully saturated rings. The molecule has 6 nitrogen and oxygen atoms in total. The molecule has 2 amide bonds. The van der Waals surface area contributed by atoms with E-state index < -0.39 is 0 Å². The number of anilines is 2. The Kier molecular flexibility index (Phi) is 4.94. The monoisotopic (exact) mass is 379 g/mol. The number of benzene rings is 2. The molecule has 2 aliphatic heterocycles. The normalized spacial score (nSPS) is 16.8. The minimum absolute atomic E-state index is 0.0664. The lowest BCUT2D eigenvalue weighted by Crippen LogP contribution is -2.48. The quantitative estimate of drug-likeness (QED) is 0.823. The van der Waals surface area contributed by atoms with Crippen LogP contribution in [0.15, 0.2) is 42.5 Å². The Balaban J connectivity index is 1.42. The summed E-state index contributed by atoms with van der Waals surface area (Å²) >= 11 is 0. The Bertz CT molecular complexity index is 886. The van der Waals surface area contributed by atoms with Crippen LogP contribution in [0.5, 0.6) is 5.75 Å². The molecule has 2 aromatic rings. The Labute approximate surface area is 165 Å². The van der Waals surface area contributed by atoms with Crippen molar-refractivity contribution in [1.82, 2.24) is 4.90 Å². The van der Waals surface area contributed by atoms with Gasteiger partial charge in [0.15, 0.2) is 0 Å². The molecule has 0 spiro atoms. The van der Waals surface area contributed by atoms with Gasteiger partial charge in [-0.05, 0) is 54.4 Å². The summed E-state index contributed by atoms with van der Waals surface area (Å²) in [6.45, 7) is 3.00. The second kappa shape index (κ2) is 7.54. The highest BCUT2D eigenvalue weighted by Gasteiger charge is 2.25. The zero-order valence-corrected chi connectivity index (χ0v) is 16.4. The van der Waals surface area contributed by atoms with Crippen molar-refractivity contribution in [3.05, 3.63) is 53.6 Å². The molecule has 2 aromatic carbocycles. The molecule has 28 heavy (non-hydrogen) atoms. The van der Waals surface area contributed by atoms with Crippen LogP contribution in [-0.4, -0.2) is 57.1 Å². The minimum atomic E-state index is 0.0664. The van der Waals surface area contributed by atoms with Gasteiger partial charge in [0.1, 0.15) is 5.75 Å². The second-order valence-corrected chi connectivity index (χ2v) is 7.27. The molecule has 0 aliphatic carbocycles. The largest absolute Gasteiger partial charge is 0.497 e. The van der Waals surface area contributed by atoms with Gasteiger partial charge in [-0.15, -0.1) is 0 Å². The molecule has 0 radical (unpaired) electrons. The van der Waals surface area contributed by atoms with Gasteiger partial charge in [0, 0.05) is 56.6 Å². The van der Waals surface area contributed by atoms with Crippen molar-refractivity contribution in [3.63, 3.8) is 0 Å². The molecule has 4 rings (SSSR count). The van der Waals surface area contributed by atoms with Gasteiger partial charge in [-0.3, -0.25) is 9.59 Å². The molecule has 0 saturated carbocycles. The van der Waals surface area contributed by atoms with E-state index in [9.17, 15) is 9.59 Å². The first-order valence-corrected chi connectivity index (χ1v) is 9.64. The highest BCUT2D eigenvalue weighted by Crippen LogP contribution is 2.28. The van der Waals surface area contributed by atoms with Crippen LogP contribution in [0.3, 0.4) is 0 Å². The maximum absolute atomic E-state index is 13.0. The van der Waals surface area contributed by atoms with Gasteiger partial charge in [-0.2, -0.15) is 0 Å². The maximum atomic E-state index is 13.0. The maximum Gasteiger partial charge on any atom is 0.253 e. The van der Waals surface area contributed by atoms with E-state index in [4.69, 9.17) is 4.74 Å². The number of carbonyl (C=O) groups excluding carboxylic acids is 2. The van der Waals surface area contributed by atoms with Crippen molar-refractivity contribution in [2.45, 2.75) is 12.8 Å². The topological polar surface area (TPSA) is 53.1 Å². The fraction of sp³-hybridized carbons (Fsp3) is 0.364. The summed E-state index contributed by atoms with van der Waals surface area (Å²) in [5.41, 5.74) is 3.84. The Morgan fingerprint density at radius 3 is 2.36 bits per heavy atom. The van der Waals surface area contributed by atoms with Crippen LogP contribution in [0.25, 0.3) is 0 Å². The van der Waals surface area contributed by atoms with Crippen molar-refractivity contribution in [2.24, 2.45) is 0 Å². The predicted octanol–water partition coefficient (Wildman–Crippen LogP) is 2.57. The van der Waals surface area contributed by atoms with Crippen molar-refractivity contribution in [1.29, 1.82) is 0 Å². The molecular weight excluding hydrogens is 354 g/mol. The number of nitrogens with zero attached hydrogens (tertiary/aromatic N) is 3. The van der Waals surface area contributed by atoms with Gasteiger partial charge >= 0.3 is 0 Å². The van der Waals surface area contributed by atoms with Crippen LogP contribution >= 0.6 is 0 Å². The fourth-order valence-electron chi connectivity index (χ4n) is 3.93. The van der Waals surface area contributed by atoms with Crippen LogP contribution in [-0.2, 0) is 11.2 Å². The number of amides is 2. The van der Waals surface area contributed by atoms with Gasteiger partial charge in [-0.1, -0.05) is 0 Å². The van der Waals surface area contributed by atoms with E-state index in [-0.39, 0.29) is 11.8 Å². The molecule has 1 saturated heterocycles. The average Bonchev–Trinajstić information content (AvgIpc) is 2.76. The third-order valence-electron chi connectivity index (χ3n) is 5.67. The number of hydrogen-bond donors (Lipinski definition) is 0. The SMILES string of the molecule is COc1ccc(N2CCN(C(=O)c3ccc4c(c3)CCC(=O)N4C)CC2)cc1. The Morgan fingerprint density at radius 2 is 1.68 bits per heavy atom. The first-order valence-electron chi connectivity index (χ1n) is 9.64. The summed E-state index contributed by atoms with van der Waals surface area (Å²) in [7, 11) is 3.45. The van der Waals surface area contributed by atoms with Crippen molar-refractivity contribution >= 4 is 23.2 Å². The molecule has 0 bridgehead atoms. The van der Waals surface area contributed by atoms with E-state index in [0.717, 1.165) is 35.8 Å². The van der Waals surface area contributed by atoms with Crippen LogP contribution in [0.4, 0.5) is 11.4 Å². The van der Waals surface area contributed by atoms with Crippen LogP contribution in [0.2, 0.25) is 0 Å². The number of aryl methyl sites for hydroxylation is 1. The van der Waals surface area contributed by atoms with E-state index in [1.165, 1.54) is 0 Å². The number of hydrogen-bond acceptors (Lipinski definition) is 4. The minimum Gasteiger partial charge on any atom is -0.497 e. The predicted molar refractivity (Wildman–Crippen MR) is 109 cm³/mol. The van der Waals surface area contributed by atoms with Gasteiger partial charge in [0.2, 0.25) is 5.91 Å². The number of methoxy groups -OCH3 is 1. The van der Waals surface area contributed by atoms with Crippen LogP contribution in [0, 0.1) is 0 Å². The first kappa shape index (κ1) is 18.3. The highest BCUT2D eigenvalue weighted by molar-refractivity contribution is 5.99. The summed E-state index contributed by atoms with van der Waals surface area (Å²) in [5, 5.41) is 0. The van der Waals surface area contributed by atoms with Crippen LogP contribution < -0.4 is 14.5 Å². The van der Waals surface area contributed by atoms with Gasteiger partial charge in [-0.25, -0.2) is 0 Å². The smallest absolute Gasteiger partial charge is 0.253 e. The summed E-state index contributed by atoms with van der Waals surface area (Å²) in [6.07, 6.45) is 1.20. The zero-order chi connectivity index (χ0) is 19.7. The highest BCUT2D eigenvalue weighted by atomic mass is 16.5. The van der Waals surface area contributed by atoms with Gasteiger partial charge in [0.25, 0.3) is 5.91 Å². The Morgan fingerprint density at radius 1 is 0.964 bits per heavy atom. The van der Waals surface area contributed by atoms with E-state index in [0.29, 0.717) is 31.5 Å². The lowest BCUT2D eigenvalue weighted by atomic mass is 9.98. The van der Waals surface area contributed by atoms with Crippen molar-refractivity contribution in [2.75, 3.05) is 50.1 Å². The molecule has 0 atom stereocenters. The van der Waals surface area contributed by atoms with Gasteiger partial charge < -0.3 is 19.4 Å². The summed E-state index contributed by atoms with van der Waals surface area (Å²) in [4.78, 5) is 30.7. The summed E-state index contributed by atoms with van der Waals surface area (Å²) < 4.78 is 5.21.